The first-order chi connectivity index (χ1) is 8.97. The molecule has 0 saturated carbocycles. The molecule has 1 heterocycles. The molecule has 5 heteroatoms. The van der Waals surface area contributed by atoms with E-state index < -0.39 is 5.97 Å². The number of rotatable bonds is 3. The number of carboxylic acid groups (broad SMARTS) is 1. The number of carbonyl (C=O) groups is 1. The molecule has 1 N–H and O–H groups in total. The van der Waals surface area contributed by atoms with E-state index >= 15 is 0 Å². The summed E-state index contributed by atoms with van der Waals surface area (Å²) in [6.45, 7) is 3.57. The molecule has 0 aliphatic heterocycles. The van der Waals surface area contributed by atoms with Crippen molar-refractivity contribution in [2.24, 2.45) is 0 Å². The first-order valence-electron chi connectivity index (χ1n) is 5.62. The number of benzene rings is 1. The third-order valence-electron chi connectivity index (χ3n) is 2.64. The largest absolute Gasteiger partial charge is 0.478 e. The molecule has 2 rings (SSSR count). The second-order valence-corrected chi connectivity index (χ2v) is 5.02. The number of nitrogens with zero attached hydrogens (tertiary/aromatic N) is 1. The maximum Gasteiger partial charge on any atom is 0.337 e. The molecule has 0 aliphatic rings. The third kappa shape index (κ3) is 3.12. The molecule has 0 radical (unpaired) electrons. The Morgan fingerprint density at radius 2 is 2.00 bits per heavy atom. The van der Waals surface area contributed by atoms with Crippen LogP contribution in [-0.4, -0.2) is 16.1 Å². The van der Waals surface area contributed by atoms with E-state index in [0.29, 0.717) is 17.3 Å². The van der Waals surface area contributed by atoms with Gasteiger partial charge in [0.25, 0.3) is 0 Å². The highest BCUT2D eigenvalue weighted by Crippen LogP contribution is 2.26. The average molecular weight is 322 g/mol. The van der Waals surface area contributed by atoms with Crippen molar-refractivity contribution in [2.75, 3.05) is 0 Å². The molecular formula is C14H12BrNO3. The zero-order valence-corrected chi connectivity index (χ0v) is 12.1. The van der Waals surface area contributed by atoms with Gasteiger partial charge in [-0.1, -0.05) is 15.9 Å². The zero-order valence-electron chi connectivity index (χ0n) is 10.5. The number of hydrogen-bond donors (Lipinski definition) is 1. The van der Waals surface area contributed by atoms with Gasteiger partial charge in [0.1, 0.15) is 5.75 Å². The van der Waals surface area contributed by atoms with Gasteiger partial charge in [-0.05, 0) is 43.7 Å². The quantitative estimate of drug-likeness (QED) is 0.929. The van der Waals surface area contributed by atoms with Crippen LogP contribution < -0.4 is 4.74 Å². The molecule has 98 valence electrons. The van der Waals surface area contributed by atoms with Gasteiger partial charge in [-0.25, -0.2) is 9.78 Å². The van der Waals surface area contributed by atoms with E-state index in [-0.39, 0.29) is 5.56 Å². The molecule has 2 aromatic rings. The fraction of sp³-hybridized carbons (Fsp3) is 0.143. The number of halogens is 1. The highest BCUT2D eigenvalue weighted by molar-refractivity contribution is 9.10. The lowest BCUT2D eigenvalue weighted by Crippen LogP contribution is -2.02. The number of aromatic nitrogens is 1. The van der Waals surface area contributed by atoms with Gasteiger partial charge in [0, 0.05) is 10.5 Å². The molecule has 0 unspecified atom stereocenters. The number of ether oxygens (including phenoxy) is 1. The molecule has 0 atom stereocenters. The molecule has 4 nitrogen and oxygen atoms in total. The Kier molecular flexibility index (Phi) is 3.85. The van der Waals surface area contributed by atoms with Crippen molar-refractivity contribution in [2.45, 2.75) is 13.8 Å². The molecule has 1 aromatic heterocycles. The van der Waals surface area contributed by atoms with E-state index in [1.165, 1.54) is 6.07 Å². The molecular weight excluding hydrogens is 310 g/mol. The van der Waals surface area contributed by atoms with Crippen LogP contribution in [0.2, 0.25) is 0 Å². The molecule has 0 saturated heterocycles. The summed E-state index contributed by atoms with van der Waals surface area (Å²) in [6, 6.07) is 8.70. The predicted octanol–water partition coefficient (Wildman–Crippen LogP) is 3.95. The monoisotopic (exact) mass is 321 g/mol. The Morgan fingerprint density at radius 3 is 2.58 bits per heavy atom. The fourth-order valence-electron chi connectivity index (χ4n) is 1.66. The standard InChI is InChI=1S/C14H12BrNO3/c1-8-7-10(15)3-5-12(8)19-13-6-4-11(14(17)18)9(2)16-13/h3-7H,1-2H3,(H,17,18). The van der Waals surface area contributed by atoms with Gasteiger partial charge in [-0.15, -0.1) is 0 Å². The minimum Gasteiger partial charge on any atom is -0.478 e. The number of aromatic carboxylic acids is 1. The normalized spacial score (nSPS) is 10.3. The summed E-state index contributed by atoms with van der Waals surface area (Å²) in [5.41, 5.74) is 1.58. The predicted molar refractivity (Wildman–Crippen MR) is 74.9 cm³/mol. The van der Waals surface area contributed by atoms with E-state index in [0.717, 1.165) is 10.0 Å². The van der Waals surface area contributed by atoms with Crippen LogP contribution in [0.3, 0.4) is 0 Å². The van der Waals surface area contributed by atoms with Crippen molar-refractivity contribution in [3.63, 3.8) is 0 Å². The minimum atomic E-state index is -0.989. The van der Waals surface area contributed by atoms with Crippen LogP contribution in [0.4, 0.5) is 0 Å². The summed E-state index contributed by atoms with van der Waals surface area (Å²) in [5, 5.41) is 8.93. The van der Waals surface area contributed by atoms with Gasteiger partial charge in [-0.2, -0.15) is 0 Å². The number of hydrogen-bond acceptors (Lipinski definition) is 3. The molecule has 0 fully saturated rings. The van der Waals surface area contributed by atoms with Crippen LogP contribution >= 0.6 is 15.9 Å². The summed E-state index contributed by atoms with van der Waals surface area (Å²) in [4.78, 5) is 15.0. The molecule has 1 aromatic carbocycles. The topological polar surface area (TPSA) is 59.4 Å². The van der Waals surface area contributed by atoms with Crippen LogP contribution in [0.1, 0.15) is 21.6 Å². The second kappa shape index (κ2) is 5.40. The van der Waals surface area contributed by atoms with E-state index in [1.54, 1.807) is 13.0 Å². The highest BCUT2D eigenvalue weighted by Gasteiger charge is 2.10. The van der Waals surface area contributed by atoms with Crippen molar-refractivity contribution in [1.82, 2.24) is 4.98 Å². The number of aryl methyl sites for hydroxylation is 2. The van der Waals surface area contributed by atoms with Gasteiger partial charge in [0.15, 0.2) is 0 Å². The second-order valence-electron chi connectivity index (χ2n) is 4.10. The van der Waals surface area contributed by atoms with Crippen molar-refractivity contribution in [3.8, 4) is 11.6 Å². The Bertz CT molecular complexity index is 641. The van der Waals surface area contributed by atoms with Gasteiger partial charge in [0.05, 0.1) is 11.3 Å². The van der Waals surface area contributed by atoms with Crippen molar-refractivity contribution >= 4 is 21.9 Å². The van der Waals surface area contributed by atoms with E-state index in [1.807, 2.05) is 25.1 Å². The summed E-state index contributed by atoms with van der Waals surface area (Å²) in [7, 11) is 0. The van der Waals surface area contributed by atoms with Gasteiger partial charge in [0.2, 0.25) is 5.88 Å². The molecule has 0 bridgehead atoms. The summed E-state index contributed by atoms with van der Waals surface area (Å²) in [6.07, 6.45) is 0. The van der Waals surface area contributed by atoms with Crippen LogP contribution in [-0.2, 0) is 0 Å². The van der Waals surface area contributed by atoms with Crippen molar-refractivity contribution in [3.05, 3.63) is 51.6 Å². The number of pyridine rings is 1. The molecule has 0 spiro atoms. The smallest absolute Gasteiger partial charge is 0.337 e. The first-order valence-corrected chi connectivity index (χ1v) is 6.41. The third-order valence-corrected chi connectivity index (χ3v) is 3.14. The fourth-order valence-corrected chi connectivity index (χ4v) is 2.14. The highest BCUT2D eigenvalue weighted by atomic mass is 79.9. The molecule has 0 amide bonds. The SMILES string of the molecule is Cc1cc(Br)ccc1Oc1ccc(C(=O)O)c(C)n1. The van der Waals surface area contributed by atoms with Gasteiger partial charge in [-0.3, -0.25) is 0 Å². The Hall–Kier alpha value is -1.88. The lowest BCUT2D eigenvalue weighted by molar-refractivity contribution is 0.0695. The summed E-state index contributed by atoms with van der Waals surface area (Å²) >= 11 is 3.38. The van der Waals surface area contributed by atoms with Crippen LogP contribution in [0, 0.1) is 13.8 Å². The Morgan fingerprint density at radius 1 is 1.26 bits per heavy atom. The summed E-state index contributed by atoms with van der Waals surface area (Å²) < 4.78 is 6.63. The zero-order chi connectivity index (χ0) is 14.0. The van der Waals surface area contributed by atoms with Gasteiger partial charge < -0.3 is 9.84 Å². The maximum absolute atomic E-state index is 10.9. The van der Waals surface area contributed by atoms with Gasteiger partial charge >= 0.3 is 5.97 Å². The lowest BCUT2D eigenvalue weighted by Gasteiger charge is -2.09. The van der Waals surface area contributed by atoms with E-state index in [2.05, 4.69) is 20.9 Å². The Balaban J connectivity index is 2.29. The van der Waals surface area contributed by atoms with Crippen LogP contribution in [0.5, 0.6) is 11.6 Å². The van der Waals surface area contributed by atoms with Crippen LogP contribution in [0.25, 0.3) is 0 Å². The lowest BCUT2D eigenvalue weighted by atomic mass is 10.2. The molecule has 0 aliphatic carbocycles. The average Bonchev–Trinajstić information content (AvgIpc) is 2.32. The van der Waals surface area contributed by atoms with Crippen molar-refractivity contribution < 1.29 is 14.6 Å². The molecule has 19 heavy (non-hydrogen) atoms. The van der Waals surface area contributed by atoms with E-state index in [4.69, 9.17) is 9.84 Å². The Labute approximate surface area is 119 Å². The minimum absolute atomic E-state index is 0.180. The van der Waals surface area contributed by atoms with E-state index in [9.17, 15) is 4.79 Å². The summed E-state index contributed by atoms with van der Waals surface area (Å²) in [5.74, 6) is 0.0856. The van der Waals surface area contributed by atoms with Crippen LogP contribution in [0.15, 0.2) is 34.8 Å². The van der Waals surface area contributed by atoms with Crippen molar-refractivity contribution in [1.29, 1.82) is 0 Å². The maximum atomic E-state index is 10.9. The number of carboxylic acids is 1. The first kappa shape index (κ1) is 13.5.